The van der Waals surface area contributed by atoms with Gasteiger partial charge in [0.25, 0.3) is 11.1 Å². The molecule has 33 heavy (non-hydrogen) atoms. The van der Waals surface area contributed by atoms with Crippen molar-refractivity contribution in [2.24, 2.45) is 0 Å². The lowest BCUT2D eigenvalue weighted by atomic mass is 10.2. The molecular formula is C24H26N2O6S. The SMILES string of the molecule is CCOC(=O)c1cccc(-n2c(C)cc(/C=C3/SC(=O)N([C@H](C)C(=O)OCC)C3=O)c2C)c1. The fraction of sp³-hybridized carbons (Fsp3) is 0.333. The lowest BCUT2D eigenvalue weighted by Crippen LogP contribution is -2.42. The summed E-state index contributed by atoms with van der Waals surface area (Å²) >= 11 is 0.792. The van der Waals surface area contributed by atoms with E-state index in [-0.39, 0.29) is 11.5 Å². The van der Waals surface area contributed by atoms with Crippen molar-refractivity contribution in [2.75, 3.05) is 13.2 Å². The Balaban J connectivity index is 1.93. The molecule has 2 heterocycles. The highest BCUT2D eigenvalue weighted by molar-refractivity contribution is 8.18. The third kappa shape index (κ3) is 4.88. The molecule has 1 aromatic heterocycles. The number of aryl methyl sites for hydroxylation is 1. The van der Waals surface area contributed by atoms with E-state index in [0.29, 0.717) is 12.2 Å². The van der Waals surface area contributed by atoms with E-state index >= 15 is 0 Å². The molecule has 8 nitrogen and oxygen atoms in total. The Morgan fingerprint density at radius 1 is 1.09 bits per heavy atom. The van der Waals surface area contributed by atoms with Gasteiger partial charge in [-0.15, -0.1) is 0 Å². The van der Waals surface area contributed by atoms with Crippen LogP contribution in [0.25, 0.3) is 11.8 Å². The summed E-state index contributed by atoms with van der Waals surface area (Å²) in [5, 5.41) is -0.511. The zero-order valence-corrected chi connectivity index (χ0v) is 20.0. The van der Waals surface area contributed by atoms with E-state index in [1.54, 1.807) is 38.1 Å². The first-order valence-electron chi connectivity index (χ1n) is 10.6. The van der Waals surface area contributed by atoms with E-state index in [2.05, 4.69) is 0 Å². The van der Waals surface area contributed by atoms with E-state index in [0.717, 1.165) is 39.3 Å². The Morgan fingerprint density at radius 3 is 2.45 bits per heavy atom. The zero-order valence-electron chi connectivity index (χ0n) is 19.2. The highest BCUT2D eigenvalue weighted by Gasteiger charge is 2.41. The summed E-state index contributed by atoms with van der Waals surface area (Å²) in [4.78, 5) is 50.6. The lowest BCUT2D eigenvalue weighted by molar-refractivity contribution is -0.150. The molecule has 0 unspecified atom stereocenters. The molecule has 1 atom stereocenters. The number of benzene rings is 1. The molecule has 1 aliphatic rings. The summed E-state index contributed by atoms with van der Waals surface area (Å²) in [6.45, 7) is 9.15. The molecule has 0 radical (unpaired) electrons. The van der Waals surface area contributed by atoms with Gasteiger partial charge in [0.2, 0.25) is 0 Å². The van der Waals surface area contributed by atoms with Crippen LogP contribution in [0.5, 0.6) is 0 Å². The summed E-state index contributed by atoms with van der Waals surface area (Å²) < 4.78 is 12.0. The highest BCUT2D eigenvalue weighted by Crippen LogP contribution is 2.35. The van der Waals surface area contributed by atoms with Crippen molar-refractivity contribution in [2.45, 2.75) is 40.7 Å². The second-order valence-electron chi connectivity index (χ2n) is 7.41. The maximum absolute atomic E-state index is 12.9. The fourth-order valence-corrected chi connectivity index (χ4v) is 4.54. The maximum atomic E-state index is 12.9. The third-order valence-electron chi connectivity index (χ3n) is 5.21. The van der Waals surface area contributed by atoms with Gasteiger partial charge in [0, 0.05) is 17.1 Å². The Morgan fingerprint density at radius 2 is 1.79 bits per heavy atom. The van der Waals surface area contributed by atoms with Crippen molar-refractivity contribution < 1.29 is 28.7 Å². The maximum Gasteiger partial charge on any atom is 0.338 e. The molecule has 1 aliphatic heterocycles. The standard InChI is InChI=1S/C24H26N2O6S/c1-6-31-22(28)16(5)26-21(27)20(33-24(26)30)13-18-11-14(3)25(15(18)4)19-10-8-9-17(12-19)23(29)32-7-2/h8-13,16H,6-7H2,1-5H3/b20-13+/t16-/m1/s1. The number of rotatable bonds is 7. The van der Waals surface area contributed by atoms with Crippen molar-refractivity contribution >= 4 is 40.9 Å². The average molecular weight is 471 g/mol. The van der Waals surface area contributed by atoms with Gasteiger partial charge in [0.05, 0.1) is 23.7 Å². The van der Waals surface area contributed by atoms with E-state index in [1.807, 2.05) is 30.5 Å². The second kappa shape index (κ2) is 10.1. The zero-order chi connectivity index (χ0) is 24.3. The van der Waals surface area contributed by atoms with Gasteiger partial charge in [-0.05, 0) is 82.3 Å². The molecule has 0 aliphatic carbocycles. The number of esters is 2. The second-order valence-corrected chi connectivity index (χ2v) is 8.41. The number of carbonyl (C=O) groups excluding carboxylic acids is 4. The number of nitrogens with zero attached hydrogens (tertiary/aromatic N) is 2. The van der Waals surface area contributed by atoms with Crippen LogP contribution in [0.4, 0.5) is 4.79 Å². The van der Waals surface area contributed by atoms with Crippen LogP contribution >= 0.6 is 11.8 Å². The average Bonchev–Trinajstić information content (AvgIpc) is 3.21. The first-order chi connectivity index (χ1) is 15.7. The lowest BCUT2D eigenvalue weighted by Gasteiger charge is -2.19. The number of ether oxygens (including phenoxy) is 2. The molecule has 2 amide bonds. The first kappa shape index (κ1) is 24.3. The molecule has 0 saturated carbocycles. The largest absolute Gasteiger partial charge is 0.464 e. The van der Waals surface area contributed by atoms with E-state index in [9.17, 15) is 19.2 Å². The predicted molar refractivity (Wildman–Crippen MR) is 125 cm³/mol. The first-order valence-corrected chi connectivity index (χ1v) is 11.4. The number of imide groups is 1. The minimum atomic E-state index is -0.999. The van der Waals surface area contributed by atoms with E-state index < -0.39 is 29.1 Å². The Hall–Kier alpha value is -3.33. The number of aromatic nitrogens is 1. The summed E-state index contributed by atoms with van der Waals surface area (Å²) in [6.07, 6.45) is 1.65. The molecule has 0 spiro atoms. The van der Waals surface area contributed by atoms with Crippen LogP contribution < -0.4 is 0 Å². The van der Waals surface area contributed by atoms with Crippen molar-refractivity contribution in [1.29, 1.82) is 0 Å². The summed E-state index contributed by atoms with van der Waals surface area (Å²) in [5.41, 5.74) is 3.69. The molecule has 0 bridgehead atoms. The van der Waals surface area contributed by atoms with Gasteiger partial charge in [-0.3, -0.25) is 14.5 Å². The number of hydrogen-bond donors (Lipinski definition) is 0. The van der Waals surface area contributed by atoms with Crippen LogP contribution in [-0.2, 0) is 19.1 Å². The summed E-state index contributed by atoms with van der Waals surface area (Å²) in [6, 6.07) is 7.99. The normalized spacial score (nSPS) is 15.8. The van der Waals surface area contributed by atoms with Gasteiger partial charge in [-0.1, -0.05) is 6.07 Å². The number of carbonyl (C=O) groups is 4. The van der Waals surface area contributed by atoms with Crippen molar-refractivity contribution in [3.8, 4) is 5.69 Å². The van der Waals surface area contributed by atoms with Gasteiger partial charge in [-0.25, -0.2) is 9.59 Å². The predicted octanol–water partition coefficient (Wildman–Crippen LogP) is 4.26. The molecular weight excluding hydrogens is 444 g/mol. The molecule has 1 fully saturated rings. The van der Waals surface area contributed by atoms with Crippen molar-refractivity contribution in [3.05, 3.63) is 57.8 Å². The highest BCUT2D eigenvalue weighted by atomic mass is 32.2. The van der Waals surface area contributed by atoms with Gasteiger partial charge in [-0.2, -0.15) is 0 Å². The van der Waals surface area contributed by atoms with Gasteiger partial charge in [0.1, 0.15) is 6.04 Å². The third-order valence-corrected chi connectivity index (χ3v) is 6.09. The Labute approximate surface area is 196 Å². The quantitative estimate of drug-likeness (QED) is 0.441. The monoisotopic (exact) mass is 470 g/mol. The van der Waals surface area contributed by atoms with Crippen LogP contribution in [0.3, 0.4) is 0 Å². The van der Waals surface area contributed by atoms with Crippen molar-refractivity contribution in [1.82, 2.24) is 9.47 Å². The topological polar surface area (TPSA) is 94.9 Å². The molecule has 0 N–H and O–H groups in total. The summed E-state index contributed by atoms with van der Waals surface area (Å²) in [7, 11) is 0. The van der Waals surface area contributed by atoms with Gasteiger partial charge >= 0.3 is 11.9 Å². The van der Waals surface area contributed by atoms with Gasteiger partial charge < -0.3 is 14.0 Å². The van der Waals surface area contributed by atoms with Crippen molar-refractivity contribution in [3.63, 3.8) is 0 Å². The van der Waals surface area contributed by atoms with Gasteiger partial charge in [0.15, 0.2) is 0 Å². The van der Waals surface area contributed by atoms with Crippen LogP contribution in [0, 0.1) is 13.8 Å². The fourth-order valence-electron chi connectivity index (χ4n) is 3.64. The van der Waals surface area contributed by atoms with E-state index in [1.165, 1.54) is 6.92 Å². The minimum absolute atomic E-state index is 0.165. The minimum Gasteiger partial charge on any atom is -0.464 e. The molecule has 3 rings (SSSR count). The Bertz CT molecular complexity index is 1150. The van der Waals surface area contributed by atoms with Crippen LogP contribution in [0.15, 0.2) is 35.2 Å². The smallest absolute Gasteiger partial charge is 0.338 e. The molecule has 2 aromatic rings. The molecule has 1 saturated heterocycles. The molecule has 9 heteroatoms. The van der Waals surface area contributed by atoms with Crippen LogP contribution in [-0.4, -0.2) is 51.8 Å². The number of amides is 2. The summed E-state index contributed by atoms with van der Waals surface area (Å²) in [5.74, 6) is -1.55. The number of thioether (sulfide) groups is 1. The Kier molecular flexibility index (Phi) is 7.43. The molecule has 174 valence electrons. The van der Waals surface area contributed by atoms with Crippen LogP contribution in [0.1, 0.15) is 48.1 Å². The number of hydrogen-bond acceptors (Lipinski definition) is 7. The van der Waals surface area contributed by atoms with Crippen LogP contribution in [0.2, 0.25) is 0 Å². The van der Waals surface area contributed by atoms with E-state index in [4.69, 9.17) is 9.47 Å². The molecule has 1 aromatic carbocycles.